The first-order chi connectivity index (χ1) is 15.9. The van der Waals surface area contributed by atoms with Gasteiger partial charge in [-0.1, -0.05) is 24.3 Å². The first-order valence-electron chi connectivity index (χ1n) is 11.4. The van der Waals surface area contributed by atoms with E-state index >= 15 is 0 Å². The van der Waals surface area contributed by atoms with Gasteiger partial charge in [0, 0.05) is 56.8 Å². The highest BCUT2D eigenvalue weighted by molar-refractivity contribution is 5.70. The lowest BCUT2D eigenvalue weighted by Gasteiger charge is -2.35. The molecule has 1 fully saturated rings. The third-order valence-corrected chi connectivity index (χ3v) is 5.51. The van der Waals surface area contributed by atoms with Gasteiger partial charge in [0.15, 0.2) is 0 Å². The third kappa shape index (κ3) is 6.28. The van der Waals surface area contributed by atoms with Crippen molar-refractivity contribution in [2.24, 2.45) is 0 Å². The predicted molar refractivity (Wildman–Crippen MR) is 130 cm³/mol. The Balaban J connectivity index is 1.35. The van der Waals surface area contributed by atoms with Gasteiger partial charge in [0.05, 0.1) is 11.9 Å². The number of benzene rings is 1. The summed E-state index contributed by atoms with van der Waals surface area (Å²) >= 11 is 0. The number of piperazine rings is 1. The summed E-state index contributed by atoms with van der Waals surface area (Å²) in [5.41, 5.74) is 3.80. The third-order valence-electron chi connectivity index (χ3n) is 5.51. The molecule has 0 saturated carbocycles. The lowest BCUT2D eigenvalue weighted by atomic mass is 10.0. The fraction of sp³-hybridized carbons (Fsp3) is 0.385. The highest BCUT2D eigenvalue weighted by atomic mass is 16.6. The van der Waals surface area contributed by atoms with Crippen LogP contribution in [0.2, 0.25) is 0 Å². The van der Waals surface area contributed by atoms with Crippen LogP contribution in [-0.2, 0) is 16.0 Å². The number of nitrogens with zero attached hydrogens (tertiary/aromatic N) is 5. The average molecular weight is 446 g/mol. The summed E-state index contributed by atoms with van der Waals surface area (Å²) in [7, 11) is 0. The molecule has 0 spiro atoms. The molecule has 172 valence electrons. The molecule has 0 unspecified atom stereocenters. The summed E-state index contributed by atoms with van der Waals surface area (Å²) in [5, 5.41) is 0. The minimum absolute atomic E-state index is 0.177. The van der Waals surface area contributed by atoms with E-state index in [9.17, 15) is 4.79 Å². The quantitative estimate of drug-likeness (QED) is 0.528. The second kappa shape index (κ2) is 9.98. The molecule has 1 aliphatic rings. The number of hydrogen-bond acceptors (Lipinski definition) is 7. The Kier molecular flexibility index (Phi) is 6.87. The molecule has 7 heteroatoms. The first kappa shape index (κ1) is 22.7. The Bertz CT molecular complexity index is 1060. The van der Waals surface area contributed by atoms with Gasteiger partial charge in [-0.2, -0.15) is 0 Å². The van der Waals surface area contributed by atoms with Gasteiger partial charge in [-0.25, -0.2) is 9.97 Å². The van der Waals surface area contributed by atoms with E-state index in [1.807, 2.05) is 63.6 Å². The standard InChI is InChI=1S/C26H31N5O2/c1-26(2,3)33-24(32)10-9-20-6-4-7-21(16-20)22-17-28-25(29-18-22)31-14-12-30(13-15-31)23-8-5-11-27-19-23/h4-8,11,16-19H,9-10,12-15H2,1-3H3. The summed E-state index contributed by atoms with van der Waals surface area (Å²) in [5.74, 6) is 0.579. The molecule has 3 aromatic rings. The van der Waals surface area contributed by atoms with Crippen molar-refractivity contribution in [3.8, 4) is 11.1 Å². The number of esters is 1. The first-order valence-corrected chi connectivity index (χ1v) is 11.4. The van der Waals surface area contributed by atoms with E-state index in [1.54, 1.807) is 6.20 Å². The zero-order valence-electron chi connectivity index (χ0n) is 19.6. The molecule has 3 heterocycles. The second-order valence-electron chi connectivity index (χ2n) is 9.24. The molecule has 7 nitrogen and oxygen atoms in total. The molecule has 0 atom stereocenters. The number of rotatable bonds is 6. The van der Waals surface area contributed by atoms with Crippen molar-refractivity contribution in [3.05, 3.63) is 66.7 Å². The maximum absolute atomic E-state index is 12.0. The van der Waals surface area contributed by atoms with Crippen LogP contribution >= 0.6 is 0 Å². The molecule has 33 heavy (non-hydrogen) atoms. The molecule has 0 bridgehead atoms. The Hall–Kier alpha value is -3.48. The van der Waals surface area contributed by atoms with Crippen molar-refractivity contribution in [2.45, 2.75) is 39.2 Å². The maximum Gasteiger partial charge on any atom is 0.306 e. The molecule has 1 aromatic carbocycles. The van der Waals surface area contributed by atoms with Crippen molar-refractivity contribution >= 4 is 17.6 Å². The molecule has 1 aliphatic heterocycles. The topological polar surface area (TPSA) is 71.5 Å². The van der Waals surface area contributed by atoms with E-state index in [0.29, 0.717) is 12.8 Å². The monoisotopic (exact) mass is 445 g/mol. The van der Waals surface area contributed by atoms with Gasteiger partial charge in [-0.15, -0.1) is 0 Å². The van der Waals surface area contributed by atoms with Crippen LogP contribution in [0.4, 0.5) is 11.6 Å². The number of ether oxygens (including phenoxy) is 1. The summed E-state index contributed by atoms with van der Waals surface area (Å²) in [6, 6.07) is 12.2. The average Bonchev–Trinajstić information content (AvgIpc) is 2.83. The smallest absolute Gasteiger partial charge is 0.306 e. The van der Waals surface area contributed by atoms with Gasteiger partial charge < -0.3 is 14.5 Å². The SMILES string of the molecule is CC(C)(C)OC(=O)CCc1cccc(-c2cnc(N3CCN(c4cccnc4)CC3)nc2)c1. The van der Waals surface area contributed by atoms with E-state index in [0.717, 1.165) is 54.5 Å². The van der Waals surface area contributed by atoms with Gasteiger partial charge in [-0.05, 0) is 50.5 Å². The van der Waals surface area contributed by atoms with E-state index < -0.39 is 5.60 Å². The summed E-state index contributed by atoms with van der Waals surface area (Å²) in [4.78, 5) is 30.0. The van der Waals surface area contributed by atoms with Crippen molar-refractivity contribution in [3.63, 3.8) is 0 Å². The second-order valence-corrected chi connectivity index (χ2v) is 9.24. The molecule has 4 rings (SSSR count). The zero-order chi connectivity index (χ0) is 23.3. The van der Waals surface area contributed by atoms with Gasteiger partial charge in [0.25, 0.3) is 0 Å². The summed E-state index contributed by atoms with van der Waals surface area (Å²) in [6.45, 7) is 9.22. The van der Waals surface area contributed by atoms with Crippen LogP contribution in [0.5, 0.6) is 0 Å². The summed E-state index contributed by atoms with van der Waals surface area (Å²) < 4.78 is 5.41. The minimum Gasteiger partial charge on any atom is -0.460 e. The predicted octanol–water partition coefficient (Wildman–Crippen LogP) is 4.14. The van der Waals surface area contributed by atoms with E-state index in [4.69, 9.17) is 4.74 Å². The molecule has 1 saturated heterocycles. The van der Waals surface area contributed by atoms with Crippen LogP contribution < -0.4 is 9.80 Å². The normalized spacial score (nSPS) is 14.3. The number of anilines is 2. The van der Waals surface area contributed by atoms with Crippen LogP contribution in [0.25, 0.3) is 11.1 Å². The van der Waals surface area contributed by atoms with Crippen LogP contribution in [-0.4, -0.2) is 52.7 Å². The number of aromatic nitrogens is 3. The van der Waals surface area contributed by atoms with Gasteiger partial charge in [-0.3, -0.25) is 9.78 Å². The molecular weight excluding hydrogens is 414 g/mol. The van der Waals surface area contributed by atoms with Crippen LogP contribution in [0.3, 0.4) is 0 Å². The molecule has 0 radical (unpaired) electrons. The molecule has 0 N–H and O–H groups in total. The van der Waals surface area contributed by atoms with Crippen molar-refractivity contribution in [1.82, 2.24) is 15.0 Å². The van der Waals surface area contributed by atoms with Crippen molar-refractivity contribution < 1.29 is 9.53 Å². The zero-order valence-corrected chi connectivity index (χ0v) is 19.6. The van der Waals surface area contributed by atoms with Gasteiger partial charge >= 0.3 is 5.97 Å². The summed E-state index contributed by atoms with van der Waals surface area (Å²) in [6.07, 6.45) is 8.46. The fourth-order valence-electron chi connectivity index (χ4n) is 3.88. The highest BCUT2D eigenvalue weighted by Crippen LogP contribution is 2.22. The highest BCUT2D eigenvalue weighted by Gasteiger charge is 2.19. The van der Waals surface area contributed by atoms with Gasteiger partial charge in [0.1, 0.15) is 5.60 Å². The van der Waals surface area contributed by atoms with Crippen LogP contribution in [0.15, 0.2) is 61.2 Å². The van der Waals surface area contributed by atoms with Crippen LogP contribution in [0.1, 0.15) is 32.8 Å². The Morgan fingerprint density at radius 3 is 2.33 bits per heavy atom. The minimum atomic E-state index is -0.455. The fourth-order valence-corrected chi connectivity index (χ4v) is 3.88. The molecule has 0 aliphatic carbocycles. The molecule has 0 amide bonds. The lowest BCUT2D eigenvalue weighted by Crippen LogP contribution is -2.47. The molecule has 2 aromatic heterocycles. The number of pyridine rings is 1. The Morgan fingerprint density at radius 2 is 1.67 bits per heavy atom. The van der Waals surface area contributed by atoms with Crippen LogP contribution in [0, 0.1) is 0 Å². The van der Waals surface area contributed by atoms with Crippen molar-refractivity contribution in [2.75, 3.05) is 36.0 Å². The largest absolute Gasteiger partial charge is 0.460 e. The Morgan fingerprint density at radius 1 is 0.939 bits per heavy atom. The lowest BCUT2D eigenvalue weighted by molar-refractivity contribution is -0.154. The van der Waals surface area contributed by atoms with E-state index in [1.165, 1.54) is 0 Å². The van der Waals surface area contributed by atoms with Gasteiger partial charge in [0.2, 0.25) is 5.95 Å². The number of aryl methyl sites for hydroxylation is 1. The van der Waals surface area contributed by atoms with Crippen molar-refractivity contribution in [1.29, 1.82) is 0 Å². The van der Waals surface area contributed by atoms with E-state index in [-0.39, 0.29) is 5.97 Å². The Labute approximate surface area is 195 Å². The number of carbonyl (C=O) groups excluding carboxylic acids is 1. The number of hydrogen-bond donors (Lipinski definition) is 0. The number of carbonyl (C=O) groups is 1. The van der Waals surface area contributed by atoms with E-state index in [2.05, 4.69) is 36.9 Å². The molecular formula is C26H31N5O2. The maximum atomic E-state index is 12.0.